The number of ether oxygens (including phenoxy) is 1. The quantitative estimate of drug-likeness (QED) is 0.695. The Bertz CT molecular complexity index is 912. The summed E-state index contributed by atoms with van der Waals surface area (Å²) < 4.78 is 19.0. The third-order valence-corrected chi connectivity index (χ3v) is 5.11. The Labute approximate surface area is 172 Å². The molecule has 0 radical (unpaired) electrons. The molecule has 1 aromatic heterocycles. The third-order valence-electron chi connectivity index (χ3n) is 4.27. The van der Waals surface area contributed by atoms with Crippen molar-refractivity contribution in [2.75, 3.05) is 6.54 Å². The first-order valence-electron chi connectivity index (χ1n) is 9.19. The average molecular weight is 415 g/mol. The standard InChI is InChI=1S/C21H22FN3O3S/c1-14(26)25-19(21-23-9-10-29-21)20(27)24-12-15-5-7-18(8-6-15)28-13-16-3-2-4-17(22)11-16/h2-7,9-11,18-19H,8,12-13H2,1H3,(H,24,27)(H,25,26). The van der Waals surface area contributed by atoms with Crippen LogP contribution in [-0.4, -0.2) is 29.4 Å². The number of benzene rings is 1. The molecule has 0 bridgehead atoms. The summed E-state index contributed by atoms with van der Waals surface area (Å²) in [5, 5.41) is 7.76. The van der Waals surface area contributed by atoms with Crippen molar-refractivity contribution in [2.45, 2.75) is 32.1 Å². The topological polar surface area (TPSA) is 80.3 Å². The number of halogens is 1. The number of thiazole rings is 1. The zero-order valence-electron chi connectivity index (χ0n) is 15.9. The maximum atomic E-state index is 13.2. The van der Waals surface area contributed by atoms with E-state index in [-0.39, 0.29) is 23.7 Å². The minimum Gasteiger partial charge on any atom is -0.369 e. The van der Waals surface area contributed by atoms with Crippen molar-refractivity contribution in [2.24, 2.45) is 0 Å². The summed E-state index contributed by atoms with van der Waals surface area (Å²) in [5.41, 5.74) is 1.73. The van der Waals surface area contributed by atoms with Crippen LogP contribution in [0.3, 0.4) is 0 Å². The Kier molecular flexibility index (Phi) is 7.26. The van der Waals surface area contributed by atoms with Crippen LogP contribution in [-0.2, 0) is 20.9 Å². The molecule has 152 valence electrons. The predicted octanol–water partition coefficient (Wildman–Crippen LogP) is 3.05. The summed E-state index contributed by atoms with van der Waals surface area (Å²) in [6.07, 6.45) is 7.98. The van der Waals surface area contributed by atoms with E-state index in [9.17, 15) is 14.0 Å². The number of carbonyl (C=O) groups is 2. The highest BCUT2D eigenvalue weighted by molar-refractivity contribution is 7.09. The van der Waals surface area contributed by atoms with E-state index in [0.717, 1.165) is 11.1 Å². The van der Waals surface area contributed by atoms with Crippen molar-refractivity contribution < 1.29 is 18.7 Å². The molecule has 2 N–H and O–H groups in total. The monoisotopic (exact) mass is 415 g/mol. The maximum Gasteiger partial charge on any atom is 0.250 e. The van der Waals surface area contributed by atoms with Gasteiger partial charge in [-0.05, 0) is 29.7 Å². The van der Waals surface area contributed by atoms with Gasteiger partial charge in [0.15, 0.2) is 6.04 Å². The molecule has 2 atom stereocenters. The number of hydrogen-bond acceptors (Lipinski definition) is 5. The lowest BCUT2D eigenvalue weighted by molar-refractivity contribution is -0.128. The highest BCUT2D eigenvalue weighted by Gasteiger charge is 2.24. The summed E-state index contributed by atoms with van der Waals surface area (Å²) in [4.78, 5) is 28.0. The van der Waals surface area contributed by atoms with Crippen molar-refractivity contribution in [3.05, 3.63) is 76.0 Å². The van der Waals surface area contributed by atoms with Gasteiger partial charge >= 0.3 is 0 Å². The van der Waals surface area contributed by atoms with E-state index < -0.39 is 6.04 Å². The van der Waals surface area contributed by atoms with Gasteiger partial charge in [0.05, 0.1) is 12.7 Å². The van der Waals surface area contributed by atoms with E-state index in [4.69, 9.17) is 4.74 Å². The van der Waals surface area contributed by atoms with Crippen LogP contribution in [0.1, 0.15) is 30.0 Å². The number of amides is 2. The molecule has 0 fully saturated rings. The molecule has 1 aliphatic carbocycles. The van der Waals surface area contributed by atoms with Gasteiger partial charge in [0.2, 0.25) is 11.8 Å². The Balaban J connectivity index is 1.47. The number of aromatic nitrogens is 1. The largest absolute Gasteiger partial charge is 0.369 e. The van der Waals surface area contributed by atoms with Crippen molar-refractivity contribution in [3.8, 4) is 0 Å². The van der Waals surface area contributed by atoms with Gasteiger partial charge in [0.1, 0.15) is 10.8 Å². The molecule has 2 aromatic rings. The van der Waals surface area contributed by atoms with Crippen LogP contribution in [0.25, 0.3) is 0 Å². The SMILES string of the molecule is CC(=O)NC(C(=O)NCC1=CCC(OCc2cccc(F)c2)C=C1)c1nccs1. The molecule has 0 spiro atoms. The number of carbonyl (C=O) groups excluding carboxylic acids is 2. The second-order valence-corrected chi connectivity index (χ2v) is 7.50. The van der Waals surface area contributed by atoms with Crippen LogP contribution in [0.2, 0.25) is 0 Å². The predicted molar refractivity (Wildman–Crippen MR) is 108 cm³/mol. The molecule has 29 heavy (non-hydrogen) atoms. The van der Waals surface area contributed by atoms with Crippen LogP contribution in [0.4, 0.5) is 4.39 Å². The fourth-order valence-electron chi connectivity index (χ4n) is 2.84. The van der Waals surface area contributed by atoms with Gasteiger partial charge in [-0.25, -0.2) is 9.37 Å². The van der Waals surface area contributed by atoms with Crippen LogP contribution in [0, 0.1) is 5.82 Å². The molecular formula is C21H22FN3O3S. The van der Waals surface area contributed by atoms with E-state index in [2.05, 4.69) is 15.6 Å². The molecule has 0 saturated carbocycles. The molecule has 0 aliphatic heterocycles. The molecule has 2 unspecified atom stereocenters. The first-order chi connectivity index (χ1) is 14.0. The van der Waals surface area contributed by atoms with Gasteiger partial charge in [-0.15, -0.1) is 11.3 Å². The molecule has 1 aliphatic rings. The highest BCUT2D eigenvalue weighted by Crippen LogP contribution is 2.18. The second kappa shape index (κ2) is 10.1. The van der Waals surface area contributed by atoms with Crippen LogP contribution in [0.5, 0.6) is 0 Å². The van der Waals surface area contributed by atoms with E-state index >= 15 is 0 Å². The lowest BCUT2D eigenvalue weighted by Crippen LogP contribution is -2.40. The Morgan fingerprint density at radius 2 is 2.28 bits per heavy atom. The summed E-state index contributed by atoms with van der Waals surface area (Å²) in [6, 6.07) is 5.53. The smallest absolute Gasteiger partial charge is 0.250 e. The lowest BCUT2D eigenvalue weighted by Gasteiger charge is -2.19. The van der Waals surface area contributed by atoms with Crippen LogP contribution < -0.4 is 10.6 Å². The first kappa shape index (κ1) is 20.9. The molecule has 6 nitrogen and oxygen atoms in total. The highest BCUT2D eigenvalue weighted by atomic mass is 32.1. The van der Waals surface area contributed by atoms with Gasteiger partial charge in [0.25, 0.3) is 0 Å². The summed E-state index contributed by atoms with van der Waals surface area (Å²) in [6.45, 7) is 2.04. The molecular weight excluding hydrogens is 393 g/mol. The molecule has 1 heterocycles. The third kappa shape index (κ3) is 6.33. The Hall–Kier alpha value is -2.84. The number of hydrogen-bond donors (Lipinski definition) is 2. The maximum absolute atomic E-state index is 13.2. The fraction of sp³-hybridized carbons (Fsp3) is 0.286. The van der Waals surface area contributed by atoms with E-state index in [1.165, 1.54) is 30.4 Å². The van der Waals surface area contributed by atoms with E-state index in [0.29, 0.717) is 24.6 Å². The van der Waals surface area contributed by atoms with Gasteiger partial charge in [-0.1, -0.05) is 30.4 Å². The van der Waals surface area contributed by atoms with Crippen molar-refractivity contribution in [1.82, 2.24) is 15.6 Å². The minimum atomic E-state index is -0.803. The van der Waals surface area contributed by atoms with Crippen molar-refractivity contribution >= 4 is 23.2 Å². The summed E-state index contributed by atoms with van der Waals surface area (Å²) in [7, 11) is 0. The molecule has 1 aromatic carbocycles. The van der Waals surface area contributed by atoms with Gasteiger partial charge in [-0.3, -0.25) is 9.59 Å². The number of nitrogens with one attached hydrogen (secondary N) is 2. The first-order valence-corrected chi connectivity index (χ1v) is 10.1. The molecule has 3 rings (SSSR count). The zero-order valence-corrected chi connectivity index (χ0v) is 16.7. The van der Waals surface area contributed by atoms with Crippen LogP contribution >= 0.6 is 11.3 Å². The summed E-state index contributed by atoms with van der Waals surface area (Å²) >= 11 is 1.31. The van der Waals surface area contributed by atoms with Crippen molar-refractivity contribution in [3.63, 3.8) is 0 Å². The zero-order chi connectivity index (χ0) is 20.6. The molecule has 0 saturated heterocycles. The van der Waals surface area contributed by atoms with Crippen molar-refractivity contribution in [1.29, 1.82) is 0 Å². The fourth-order valence-corrected chi connectivity index (χ4v) is 3.53. The van der Waals surface area contributed by atoms with Gasteiger partial charge in [0, 0.05) is 25.0 Å². The summed E-state index contributed by atoms with van der Waals surface area (Å²) in [5.74, 6) is -0.886. The normalized spacial score (nSPS) is 16.8. The van der Waals surface area contributed by atoms with Gasteiger partial charge in [-0.2, -0.15) is 0 Å². The molecule has 2 amide bonds. The second-order valence-electron chi connectivity index (χ2n) is 6.57. The number of nitrogens with zero attached hydrogens (tertiary/aromatic N) is 1. The van der Waals surface area contributed by atoms with Gasteiger partial charge < -0.3 is 15.4 Å². The Morgan fingerprint density at radius 1 is 1.41 bits per heavy atom. The Morgan fingerprint density at radius 3 is 2.93 bits per heavy atom. The molecule has 8 heteroatoms. The lowest BCUT2D eigenvalue weighted by atomic mass is 10.0. The van der Waals surface area contributed by atoms with E-state index in [1.54, 1.807) is 17.6 Å². The minimum absolute atomic E-state index is 0.0971. The average Bonchev–Trinajstić information content (AvgIpc) is 3.24. The number of rotatable bonds is 8. The van der Waals surface area contributed by atoms with Crippen LogP contribution in [0.15, 0.2) is 59.6 Å². The van der Waals surface area contributed by atoms with E-state index in [1.807, 2.05) is 24.3 Å².